The van der Waals surface area contributed by atoms with Crippen molar-refractivity contribution in [1.82, 2.24) is 24.7 Å². The average molecular weight is 491 g/mol. The molecule has 10 nitrogen and oxygen atoms in total. The van der Waals surface area contributed by atoms with Gasteiger partial charge in [0.2, 0.25) is 16.0 Å². The lowest BCUT2D eigenvalue weighted by Gasteiger charge is -2.34. The minimum absolute atomic E-state index is 0.125. The Morgan fingerprint density at radius 3 is 2.26 bits per heavy atom. The number of sulfonamides is 1. The molecule has 0 spiro atoms. The summed E-state index contributed by atoms with van der Waals surface area (Å²) >= 11 is 0. The number of hydrogen-bond donors (Lipinski definition) is 2. The van der Waals surface area contributed by atoms with Gasteiger partial charge in [-0.1, -0.05) is 36.4 Å². The molecule has 1 saturated heterocycles. The Hall–Kier alpha value is -3.93. The van der Waals surface area contributed by atoms with Gasteiger partial charge in [0.25, 0.3) is 5.91 Å². The van der Waals surface area contributed by atoms with Gasteiger partial charge in [0.05, 0.1) is 16.0 Å². The van der Waals surface area contributed by atoms with Crippen molar-refractivity contribution in [1.29, 1.82) is 0 Å². The Labute approximate surface area is 201 Å². The molecule has 5 rings (SSSR count). The van der Waals surface area contributed by atoms with Crippen LogP contribution in [0.3, 0.4) is 0 Å². The minimum atomic E-state index is -3.66. The van der Waals surface area contributed by atoms with Crippen molar-refractivity contribution in [2.75, 3.05) is 31.1 Å². The minimum Gasteiger partial charge on any atom is -0.338 e. The number of nitrogens with one attached hydrogen (secondary N) is 1. The van der Waals surface area contributed by atoms with Gasteiger partial charge >= 0.3 is 0 Å². The smallest absolute Gasteiger partial charge is 0.277 e. The maximum Gasteiger partial charge on any atom is 0.277 e. The third-order valence-corrected chi connectivity index (χ3v) is 7.87. The molecule has 0 radical (unpaired) electrons. The van der Waals surface area contributed by atoms with Gasteiger partial charge in [-0.2, -0.15) is 4.31 Å². The molecular weight excluding hydrogens is 468 g/mol. The van der Waals surface area contributed by atoms with Crippen molar-refractivity contribution < 1.29 is 18.4 Å². The topological polar surface area (TPSA) is 129 Å². The number of benzene rings is 2. The standard InChI is InChI=1S/C24H22N6O4S/c31-23(28-32)19-15-26-24(27-16-19)29-11-13-30(14-12-29)35(33,34)20-8-6-17(7-9-20)21-5-1-3-18-4-2-10-25-22(18)21/h1-10,15-16,32H,11-14H2,(H,28,31). The zero-order valence-electron chi connectivity index (χ0n) is 18.6. The second-order valence-electron chi connectivity index (χ2n) is 8.01. The summed E-state index contributed by atoms with van der Waals surface area (Å²) in [6, 6.07) is 16.7. The summed E-state index contributed by atoms with van der Waals surface area (Å²) < 4.78 is 27.9. The van der Waals surface area contributed by atoms with Gasteiger partial charge < -0.3 is 4.90 Å². The number of fused-ring (bicyclic) bond motifs is 1. The maximum atomic E-state index is 13.2. The molecule has 2 aromatic carbocycles. The third kappa shape index (κ3) is 4.44. The molecule has 4 aromatic rings. The first kappa shape index (κ1) is 22.8. The van der Waals surface area contributed by atoms with Crippen LogP contribution in [0.2, 0.25) is 0 Å². The molecule has 2 aromatic heterocycles. The van der Waals surface area contributed by atoms with Gasteiger partial charge in [0.15, 0.2) is 0 Å². The monoisotopic (exact) mass is 490 g/mol. The Bertz CT molecular complexity index is 1460. The second kappa shape index (κ2) is 9.37. The fourth-order valence-electron chi connectivity index (χ4n) is 4.09. The molecule has 1 amide bonds. The summed E-state index contributed by atoms with van der Waals surface area (Å²) in [6.45, 7) is 1.37. The van der Waals surface area contributed by atoms with Crippen molar-refractivity contribution >= 4 is 32.8 Å². The maximum absolute atomic E-state index is 13.2. The van der Waals surface area contributed by atoms with Gasteiger partial charge in [-0.05, 0) is 23.8 Å². The quantitative estimate of drug-likeness (QED) is 0.322. The van der Waals surface area contributed by atoms with Crippen molar-refractivity contribution in [2.24, 2.45) is 0 Å². The molecule has 11 heteroatoms. The van der Waals surface area contributed by atoms with E-state index >= 15 is 0 Å². The van der Waals surface area contributed by atoms with E-state index in [1.54, 1.807) is 18.3 Å². The van der Waals surface area contributed by atoms with E-state index in [2.05, 4.69) is 15.0 Å². The molecule has 0 aliphatic carbocycles. The lowest BCUT2D eigenvalue weighted by atomic mass is 10.0. The summed E-state index contributed by atoms with van der Waals surface area (Å²) in [5, 5.41) is 9.71. The van der Waals surface area contributed by atoms with Gasteiger partial charge in [-0.3, -0.25) is 15.0 Å². The number of hydrogen-bond acceptors (Lipinski definition) is 8. The predicted molar refractivity (Wildman–Crippen MR) is 129 cm³/mol. The number of rotatable bonds is 5. The summed E-state index contributed by atoms with van der Waals surface area (Å²) in [5.41, 5.74) is 4.37. The van der Waals surface area contributed by atoms with Crippen LogP contribution in [0, 0.1) is 0 Å². The third-order valence-electron chi connectivity index (χ3n) is 5.96. The average Bonchev–Trinajstić information content (AvgIpc) is 2.92. The van der Waals surface area contributed by atoms with Crippen LogP contribution in [0.4, 0.5) is 5.95 Å². The highest BCUT2D eigenvalue weighted by atomic mass is 32.2. The number of piperazine rings is 1. The van der Waals surface area contributed by atoms with Crippen LogP contribution in [0.25, 0.3) is 22.0 Å². The van der Waals surface area contributed by atoms with Crippen LogP contribution in [0.15, 0.2) is 78.1 Å². The molecule has 1 aliphatic heterocycles. The van der Waals surface area contributed by atoms with Crippen LogP contribution in [0.5, 0.6) is 0 Å². The lowest BCUT2D eigenvalue weighted by Crippen LogP contribution is -2.49. The fraction of sp³-hybridized carbons (Fsp3) is 0.167. The molecule has 0 atom stereocenters. The van der Waals surface area contributed by atoms with E-state index in [1.165, 1.54) is 22.2 Å². The lowest BCUT2D eigenvalue weighted by molar-refractivity contribution is 0.0705. The molecule has 3 heterocycles. The number of carbonyl (C=O) groups is 1. The Kier molecular flexibility index (Phi) is 6.12. The van der Waals surface area contributed by atoms with Gasteiger partial charge in [0.1, 0.15) is 0 Å². The highest BCUT2D eigenvalue weighted by molar-refractivity contribution is 7.89. The van der Waals surface area contributed by atoms with Crippen molar-refractivity contribution in [3.8, 4) is 11.1 Å². The number of para-hydroxylation sites is 1. The summed E-state index contributed by atoms with van der Waals surface area (Å²) in [7, 11) is -3.66. The van der Waals surface area contributed by atoms with Crippen LogP contribution in [-0.4, -0.2) is 65.0 Å². The van der Waals surface area contributed by atoms with E-state index in [1.807, 2.05) is 47.4 Å². The molecule has 0 bridgehead atoms. The molecule has 35 heavy (non-hydrogen) atoms. The highest BCUT2D eigenvalue weighted by Crippen LogP contribution is 2.28. The van der Waals surface area contributed by atoms with E-state index in [-0.39, 0.29) is 23.5 Å². The molecule has 2 N–H and O–H groups in total. The normalized spacial score (nSPS) is 14.7. The molecule has 0 saturated carbocycles. The van der Waals surface area contributed by atoms with Crippen LogP contribution >= 0.6 is 0 Å². The molecule has 1 aliphatic rings. The van der Waals surface area contributed by atoms with E-state index in [0.717, 1.165) is 22.0 Å². The van der Waals surface area contributed by atoms with E-state index in [9.17, 15) is 13.2 Å². The van der Waals surface area contributed by atoms with Crippen LogP contribution in [-0.2, 0) is 10.0 Å². The van der Waals surface area contributed by atoms with E-state index in [0.29, 0.717) is 19.0 Å². The first-order valence-corrected chi connectivity index (χ1v) is 12.4. The first-order chi connectivity index (χ1) is 17.0. The largest absolute Gasteiger partial charge is 0.338 e. The Morgan fingerprint density at radius 2 is 1.57 bits per heavy atom. The molecule has 0 unspecified atom stereocenters. The number of anilines is 1. The summed E-state index contributed by atoms with van der Waals surface area (Å²) in [5.74, 6) is -0.306. The molecule has 178 valence electrons. The van der Waals surface area contributed by atoms with Crippen molar-refractivity contribution in [3.05, 3.63) is 78.8 Å². The van der Waals surface area contributed by atoms with Gasteiger partial charge in [-0.15, -0.1) is 0 Å². The van der Waals surface area contributed by atoms with Crippen LogP contribution < -0.4 is 10.4 Å². The van der Waals surface area contributed by atoms with Gasteiger partial charge in [-0.25, -0.2) is 23.9 Å². The second-order valence-corrected chi connectivity index (χ2v) is 9.95. The zero-order valence-corrected chi connectivity index (χ0v) is 19.4. The molecule has 1 fully saturated rings. The first-order valence-electron chi connectivity index (χ1n) is 10.9. The van der Waals surface area contributed by atoms with Crippen molar-refractivity contribution in [2.45, 2.75) is 4.90 Å². The van der Waals surface area contributed by atoms with Gasteiger partial charge in [0, 0.05) is 55.7 Å². The highest BCUT2D eigenvalue weighted by Gasteiger charge is 2.29. The summed E-state index contributed by atoms with van der Waals surface area (Å²) in [6.07, 6.45) is 4.36. The van der Waals surface area contributed by atoms with E-state index in [4.69, 9.17) is 5.21 Å². The Balaban J connectivity index is 1.29. The SMILES string of the molecule is O=C(NO)c1cnc(N2CCN(S(=O)(=O)c3ccc(-c4cccc5cccnc45)cc3)CC2)nc1. The predicted octanol–water partition coefficient (Wildman–Crippen LogP) is 2.32. The fourth-order valence-corrected chi connectivity index (χ4v) is 5.51. The van der Waals surface area contributed by atoms with E-state index < -0.39 is 15.9 Å². The summed E-state index contributed by atoms with van der Waals surface area (Å²) in [4.78, 5) is 26.3. The zero-order chi connectivity index (χ0) is 24.4. The number of nitrogens with zero attached hydrogens (tertiary/aromatic N) is 5. The number of amides is 1. The number of carbonyl (C=O) groups excluding carboxylic acids is 1. The van der Waals surface area contributed by atoms with Crippen LogP contribution in [0.1, 0.15) is 10.4 Å². The Morgan fingerprint density at radius 1 is 0.886 bits per heavy atom. The number of hydroxylamine groups is 1. The number of aromatic nitrogens is 3. The number of pyridine rings is 1. The van der Waals surface area contributed by atoms with Crippen molar-refractivity contribution in [3.63, 3.8) is 0 Å². The molecular formula is C24H22N6O4S.